The highest BCUT2D eigenvalue weighted by atomic mass is 35.5. The topological polar surface area (TPSA) is 9.23 Å². The molecule has 0 spiro atoms. The number of hydrogen-bond donors (Lipinski definition) is 0. The second-order valence-corrected chi connectivity index (χ2v) is 8.93. The Bertz CT molecular complexity index is 285. The van der Waals surface area contributed by atoms with Crippen LogP contribution in [0.4, 0.5) is 0 Å². The Morgan fingerprint density at radius 3 is 1.87 bits per heavy atom. The van der Waals surface area contributed by atoms with Crippen molar-refractivity contribution in [2.45, 2.75) is 38.9 Å². The molecule has 0 atom stereocenters. The number of benzene rings is 1. The van der Waals surface area contributed by atoms with Crippen LogP contribution in [-0.4, -0.2) is 8.32 Å². The van der Waals surface area contributed by atoms with E-state index in [1.807, 2.05) is 24.3 Å². The number of halogens is 1. The Morgan fingerprint density at radius 1 is 1.00 bits per heavy atom. The van der Waals surface area contributed by atoms with Crippen molar-refractivity contribution in [3.8, 4) is 5.75 Å². The predicted octanol–water partition coefficient (Wildman–Crippen LogP) is 4.72. The molecule has 0 saturated heterocycles. The van der Waals surface area contributed by atoms with Gasteiger partial charge in [0.05, 0.1) is 0 Å². The van der Waals surface area contributed by atoms with Crippen LogP contribution in [-0.2, 0) is 0 Å². The maximum atomic E-state index is 6.18. The molecule has 0 fully saturated rings. The average molecular weight is 243 g/mol. The third-order valence-electron chi connectivity index (χ3n) is 3.08. The van der Waals surface area contributed by atoms with Crippen molar-refractivity contribution < 1.29 is 4.43 Å². The molecule has 3 heteroatoms. The van der Waals surface area contributed by atoms with Crippen molar-refractivity contribution in [2.75, 3.05) is 0 Å². The zero-order valence-electron chi connectivity index (χ0n) is 9.72. The fourth-order valence-corrected chi connectivity index (χ4v) is 4.41. The lowest BCUT2D eigenvalue weighted by molar-refractivity contribution is 0.532. The number of rotatable bonds is 5. The van der Waals surface area contributed by atoms with Gasteiger partial charge in [-0.2, -0.15) is 0 Å². The molecule has 1 rings (SSSR count). The van der Waals surface area contributed by atoms with Gasteiger partial charge in [0.1, 0.15) is 5.75 Å². The van der Waals surface area contributed by atoms with E-state index in [1.165, 1.54) is 18.1 Å². The van der Waals surface area contributed by atoms with Crippen molar-refractivity contribution in [1.82, 2.24) is 0 Å². The fourth-order valence-electron chi connectivity index (χ4n) is 1.72. The highest BCUT2D eigenvalue weighted by Gasteiger charge is 2.30. The molecule has 15 heavy (non-hydrogen) atoms. The SMILES string of the molecule is CC[Si](CC)(CC)Oc1ccc(Cl)cc1. The van der Waals surface area contributed by atoms with E-state index in [9.17, 15) is 0 Å². The van der Waals surface area contributed by atoms with E-state index in [2.05, 4.69) is 20.8 Å². The molecule has 84 valence electrons. The van der Waals surface area contributed by atoms with E-state index in [0.717, 1.165) is 10.8 Å². The predicted molar refractivity (Wildman–Crippen MR) is 69.3 cm³/mol. The molecule has 0 aromatic heterocycles. The highest BCUT2D eigenvalue weighted by Crippen LogP contribution is 2.26. The lowest BCUT2D eigenvalue weighted by atomic mass is 10.3. The van der Waals surface area contributed by atoms with E-state index in [1.54, 1.807) is 0 Å². The molecule has 1 aromatic carbocycles. The van der Waals surface area contributed by atoms with Crippen LogP contribution in [0.1, 0.15) is 20.8 Å². The molecule has 0 amide bonds. The fraction of sp³-hybridized carbons (Fsp3) is 0.500. The van der Waals surface area contributed by atoms with Crippen LogP contribution < -0.4 is 4.43 Å². The minimum Gasteiger partial charge on any atom is -0.544 e. The zero-order chi connectivity index (χ0) is 11.3. The van der Waals surface area contributed by atoms with Crippen molar-refractivity contribution in [2.24, 2.45) is 0 Å². The van der Waals surface area contributed by atoms with E-state index in [-0.39, 0.29) is 0 Å². The second-order valence-electron chi connectivity index (χ2n) is 3.80. The lowest BCUT2D eigenvalue weighted by Crippen LogP contribution is -2.39. The summed E-state index contributed by atoms with van der Waals surface area (Å²) in [5.74, 6) is 0.969. The van der Waals surface area contributed by atoms with Crippen molar-refractivity contribution in [3.05, 3.63) is 29.3 Å². The van der Waals surface area contributed by atoms with Gasteiger partial charge in [-0.3, -0.25) is 0 Å². The molecule has 0 aliphatic carbocycles. The normalized spacial score (nSPS) is 11.5. The standard InChI is InChI=1S/C12H19ClOSi/c1-4-15(5-2,6-3)14-12-9-7-11(13)8-10-12/h7-10H,4-6H2,1-3H3. The Balaban J connectivity index is 2.78. The largest absolute Gasteiger partial charge is 0.544 e. The molecular formula is C12H19ClOSi. The van der Waals surface area contributed by atoms with Gasteiger partial charge in [-0.1, -0.05) is 32.4 Å². The number of hydrogen-bond acceptors (Lipinski definition) is 1. The van der Waals surface area contributed by atoms with Gasteiger partial charge in [0, 0.05) is 5.02 Å². The quantitative estimate of drug-likeness (QED) is 0.679. The van der Waals surface area contributed by atoms with Gasteiger partial charge >= 0.3 is 0 Å². The van der Waals surface area contributed by atoms with Crippen LogP contribution in [0.3, 0.4) is 0 Å². The molecule has 0 unspecified atom stereocenters. The second kappa shape index (κ2) is 5.57. The van der Waals surface area contributed by atoms with E-state index < -0.39 is 8.32 Å². The van der Waals surface area contributed by atoms with Gasteiger partial charge < -0.3 is 4.43 Å². The molecular weight excluding hydrogens is 224 g/mol. The van der Waals surface area contributed by atoms with E-state index >= 15 is 0 Å². The van der Waals surface area contributed by atoms with Gasteiger partial charge in [0.15, 0.2) is 0 Å². The summed E-state index contributed by atoms with van der Waals surface area (Å²) in [6, 6.07) is 11.2. The Labute approximate surface area is 98.5 Å². The van der Waals surface area contributed by atoms with Gasteiger partial charge in [-0.05, 0) is 42.4 Å². The first-order valence-corrected chi connectivity index (χ1v) is 8.51. The third-order valence-corrected chi connectivity index (χ3v) is 7.87. The summed E-state index contributed by atoms with van der Waals surface area (Å²) in [4.78, 5) is 0. The first kappa shape index (κ1) is 12.6. The van der Waals surface area contributed by atoms with Crippen molar-refractivity contribution in [1.29, 1.82) is 0 Å². The van der Waals surface area contributed by atoms with E-state index in [4.69, 9.17) is 16.0 Å². The summed E-state index contributed by atoms with van der Waals surface area (Å²) in [6.07, 6.45) is 0. The summed E-state index contributed by atoms with van der Waals surface area (Å²) in [6.45, 7) is 6.69. The minimum atomic E-state index is -1.52. The van der Waals surface area contributed by atoms with Crippen molar-refractivity contribution >= 4 is 19.9 Å². The first-order chi connectivity index (χ1) is 7.15. The summed E-state index contributed by atoms with van der Waals surface area (Å²) in [7, 11) is -1.52. The van der Waals surface area contributed by atoms with Gasteiger partial charge in [0.25, 0.3) is 0 Å². The smallest absolute Gasteiger partial charge is 0.250 e. The third kappa shape index (κ3) is 3.25. The maximum Gasteiger partial charge on any atom is 0.250 e. The summed E-state index contributed by atoms with van der Waals surface area (Å²) in [5, 5.41) is 0.763. The molecule has 0 aliphatic heterocycles. The summed E-state index contributed by atoms with van der Waals surface area (Å²) < 4.78 is 6.18. The molecule has 0 N–H and O–H groups in total. The van der Waals surface area contributed by atoms with Crippen LogP contribution in [0, 0.1) is 0 Å². The molecule has 0 heterocycles. The van der Waals surface area contributed by atoms with Crippen molar-refractivity contribution in [3.63, 3.8) is 0 Å². The van der Waals surface area contributed by atoms with E-state index in [0.29, 0.717) is 0 Å². The van der Waals surface area contributed by atoms with Crippen LogP contribution in [0.5, 0.6) is 5.75 Å². The monoisotopic (exact) mass is 242 g/mol. The molecule has 0 radical (unpaired) electrons. The Hall–Kier alpha value is -0.473. The van der Waals surface area contributed by atoms with Gasteiger partial charge in [-0.15, -0.1) is 0 Å². The minimum absolute atomic E-state index is 0.763. The molecule has 0 aliphatic rings. The summed E-state index contributed by atoms with van der Waals surface area (Å²) >= 11 is 5.84. The Kier molecular flexibility index (Phi) is 4.67. The molecule has 1 nitrogen and oxygen atoms in total. The summed E-state index contributed by atoms with van der Waals surface area (Å²) in [5.41, 5.74) is 0. The van der Waals surface area contributed by atoms with Gasteiger partial charge in [-0.25, -0.2) is 0 Å². The van der Waals surface area contributed by atoms with Crippen LogP contribution >= 0.6 is 11.6 Å². The van der Waals surface area contributed by atoms with Crippen LogP contribution in [0.15, 0.2) is 24.3 Å². The van der Waals surface area contributed by atoms with Crippen LogP contribution in [0.25, 0.3) is 0 Å². The molecule has 1 aromatic rings. The van der Waals surface area contributed by atoms with Gasteiger partial charge in [0.2, 0.25) is 8.32 Å². The first-order valence-electron chi connectivity index (χ1n) is 5.60. The Morgan fingerprint density at radius 2 is 1.47 bits per heavy atom. The molecule has 0 saturated carbocycles. The highest BCUT2D eigenvalue weighted by molar-refractivity contribution is 6.74. The average Bonchev–Trinajstić information content (AvgIpc) is 2.29. The van der Waals surface area contributed by atoms with Crippen LogP contribution in [0.2, 0.25) is 23.2 Å². The molecule has 0 bridgehead atoms. The lowest BCUT2D eigenvalue weighted by Gasteiger charge is -2.28. The maximum absolute atomic E-state index is 6.18. The zero-order valence-corrected chi connectivity index (χ0v) is 11.5.